The van der Waals surface area contributed by atoms with Crippen molar-refractivity contribution in [2.24, 2.45) is 0 Å². The molecule has 0 aromatic rings. The number of amides is 1. The topological polar surface area (TPSA) is 71.6 Å². The predicted molar refractivity (Wildman–Crippen MR) is 41.3 cm³/mol. The fourth-order valence-corrected chi connectivity index (χ4v) is 0.905. The second-order valence-electron chi connectivity index (χ2n) is 2.36. The van der Waals surface area contributed by atoms with Crippen LogP contribution in [0.3, 0.4) is 0 Å². The molecular formula is C6H13N3O3. The van der Waals surface area contributed by atoms with Crippen molar-refractivity contribution >= 4 is 6.09 Å². The monoisotopic (exact) mass is 175 g/mol. The van der Waals surface area contributed by atoms with Crippen LogP contribution in [0.4, 0.5) is 4.79 Å². The molecule has 3 N–H and O–H groups in total. The van der Waals surface area contributed by atoms with E-state index in [0.29, 0.717) is 6.61 Å². The van der Waals surface area contributed by atoms with E-state index in [-0.39, 0.29) is 12.3 Å². The van der Waals surface area contributed by atoms with Gasteiger partial charge >= 0.3 is 6.09 Å². The molecule has 0 bridgehead atoms. The van der Waals surface area contributed by atoms with Crippen LogP contribution < -0.4 is 16.2 Å². The number of ether oxygens (including phenoxy) is 2. The summed E-state index contributed by atoms with van der Waals surface area (Å²) in [5.41, 5.74) is 4.76. The summed E-state index contributed by atoms with van der Waals surface area (Å²) < 4.78 is 9.97. The average molecular weight is 175 g/mol. The van der Waals surface area contributed by atoms with Gasteiger partial charge < -0.3 is 9.47 Å². The normalized spacial score (nSPS) is 27.5. The maximum Gasteiger partial charge on any atom is 0.422 e. The Morgan fingerprint density at radius 3 is 2.75 bits per heavy atom. The molecule has 0 aromatic carbocycles. The second kappa shape index (κ2) is 4.24. The molecular weight excluding hydrogens is 162 g/mol. The lowest BCUT2D eigenvalue weighted by Crippen LogP contribution is -2.56. The lowest BCUT2D eigenvalue weighted by molar-refractivity contribution is -0.173. The third-order valence-electron chi connectivity index (χ3n) is 1.55. The zero-order chi connectivity index (χ0) is 8.97. The average Bonchev–Trinajstić information content (AvgIpc) is 2.00. The summed E-state index contributed by atoms with van der Waals surface area (Å²) in [5, 5.41) is 2.85. The third-order valence-corrected chi connectivity index (χ3v) is 1.55. The molecule has 0 radical (unpaired) electrons. The van der Waals surface area contributed by atoms with E-state index < -0.39 is 6.09 Å². The summed E-state index contributed by atoms with van der Waals surface area (Å²) in [6.07, 6.45) is -0.859. The van der Waals surface area contributed by atoms with Crippen LogP contribution in [0.5, 0.6) is 0 Å². The Balaban J connectivity index is 2.18. The largest absolute Gasteiger partial charge is 0.439 e. The van der Waals surface area contributed by atoms with E-state index in [0.717, 1.165) is 0 Å². The third kappa shape index (κ3) is 2.07. The number of hydrogen-bond acceptors (Lipinski definition) is 5. The molecule has 1 aliphatic rings. The van der Waals surface area contributed by atoms with Crippen molar-refractivity contribution in [2.45, 2.75) is 12.3 Å². The Labute approximate surface area is 70.6 Å². The molecule has 2 unspecified atom stereocenters. The summed E-state index contributed by atoms with van der Waals surface area (Å²) in [5.74, 6) is 0. The van der Waals surface area contributed by atoms with Gasteiger partial charge in [-0.25, -0.2) is 10.2 Å². The van der Waals surface area contributed by atoms with Crippen LogP contribution in [-0.2, 0) is 9.47 Å². The zero-order valence-electron chi connectivity index (χ0n) is 7.09. The first kappa shape index (κ1) is 9.24. The molecule has 1 amide bonds. The quantitative estimate of drug-likeness (QED) is 0.469. The molecule has 70 valence electrons. The van der Waals surface area contributed by atoms with E-state index >= 15 is 0 Å². The number of hydrogen-bond donors (Lipinski definition) is 3. The summed E-state index contributed by atoms with van der Waals surface area (Å²) in [7, 11) is 3.34. The maximum atomic E-state index is 10.8. The second-order valence-corrected chi connectivity index (χ2v) is 2.36. The fraction of sp³-hybridized carbons (Fsp3) is 0.833. The van der Waals surface area contributed by atoms with Crippen LogP contribution in [0.25, 0.3) is 0 Å². The van der Waals surface area contributed by atoms with E-state index in [1.807, 2.05) is 0 Å². The number of carbonyl (C=O) groups is 1. The van der Waals surface area contributed by atoms with Crippen LogP contribution in [0.2, 0.25) is 0 Å². The van der Waals surface area contributed by atoms with Crippen LogP contribution in [-0.4, -0.2) is 39.1 Å². The predicted octanol–water partition coefficient (Wildman–Crippen LogP) is -1.21. The van der Waals surface area contributed by atoms with E-state index in [9.17, 15) is 4.79 Å². The summed E-state index contributed by atoms with van der Waals surface area (Å²) in [6.45, 7) is 0.447. The number of likely N-dealkylation sites (N-methyl/N-ethyl adjacent to an activating group) is 1. The Morgan fingerprint density at radius 2 is 2.33 bits per heavy atom. The Morgan fingerprint density at radius 1 is 1.58 bits per heavy atom. The van der Waals surface area contributed by atoms with Crippen molar-refractivity contribution in [3.05, 3.63) is 0 Å². The van der Waals surface area contributed by atoms with Crippen molar-refractivity contribution < 1.29 is 14.3 Å². The number of carbonyl (C=O) groups excluding carboxylic acids is 1. The minimum absolute atomic E-state index is 0.174. The van der Waals surface area contributed by atoms with Crippen molar-refractivity contribution in [3.63, 3.8) is 0 Å². The van der Waals surface area contributed by atoms with Crippen LogP contribution in [0, 0.1) is 0 Å². The molecule has 1 rings (SSSR count). The maximum absolute atomic E-state index is 10.8. The van der Waals surface area contributed by atoms with Gasteiger partial charge in [0.15, 0.2) is 6.10 Å². The summed E-state index contributed by atoms with van der Waals surface area (Å²) >= 11 is 0. The molecule has 2 atom stereocenters. The summed E-state index contributed by atoms with van der Waals surface area (Å²) in [4.78, 5) is 10.8. The van der Waals surface area contributed by atoms with Crippen molar-refractivity contribution in [2.75, 3.05) is 20.7 Å². The zero-order valence-corrected chi connectivity index (χ0v) is 7.09. The Kier molecular flexibility index (Phi) is 3.27. The first-order chi connectivity index (χ1) is 5.77. The molecule has 6 heteroatoms. The van der Waals surface area contributed by atoms with Gasteiger partial charge in [0, 0.05) is 7.05 Å². The van der Waals surface area contributed by atoms with E-state index in [1.54, 1.807) is 14.1 Å². The van der Waals surface area contributed by atoms with E-state index in [1.165, 1.54) is 0 Å². The van der Waals surface area contributed by atoms with Gasteiger partial charge in [-0.2, -0.15) is 0 Å². The highest BCUT2D eigenvalue weighted by atomic mass is 16.6. The van der Waals surface area contributed by atoms with E-state index in [2.05, 4.69) is 16.2 Å². The van der Waals surface area contributed by atoms with E-state index in [4.69, 9.17) is 9.47 Å². The number of hydrazine groups is 1. The minimum atomic E-state index is -0.494. The molecule has 0 aromatic heterocycles. The van der Waals surface area contributed by atoms with Crippen molar-refractivity contribution in [3.8, 4) is 0 Å². The fourth-order valence-electron chi connectivity index (χ4n) is 0.905. The standard InChI is InChI=1S/C6H13N3O3/c1-7-5-4(3-11-5)12-6(10)9-8-2/h4-5,7-8H,3H2,1-2H3,(H,9,10). The van der Waals surface area contributed by atoms with Gasteiger partial charge in [0.1, 0.15) is 6.23 Å². The first-order valence-electron chi connectivity index (χ1n) is 3.70. The van der Waals surface area contributed by atoms with Gasteiger partial charge in [-0.1, -0.05) is 0 Å². The van der Waals surface area contributed by atoms with Crippen molar-refractivity contribution in [1.29, 1.82) is 0 Å². The van der Waals surface area contributed by atoms with Crippen molar-refractivity contribution in [1.82, 2.24) is 16.2 Å². The lowest BCUT2D eigenvalue weighted by Gasteiger charge is -2.35. The van der Waals surface area contributed by atoms with Gasteiger partial charge in [0.2, 0.25) is 0 Å². The number of rotatable bonds is 3. The minimum Gasteiger partial charge on any atom is -0.439 e. The Hall–Kier alpha value is -0.850. The van der Waals surface area contributed by atoms with Gasteiger partial charge in [0.25, 0.3) is 0 Å². The Bertz CT molecular complexity index is 162. The molecule has 1 aliphatic heterocycles. The van der Waals surface area contributed by atoms with Crippen LogP contribution in [0.1, 0.15) is 0 Å². The SMILES string of the molecule is CNNC(=O)OC1COC1NC. The summed E-state index contributed by atoms with van der Waals surface area (Å²) in [6, 6.07) is 0. The molecule has 12 heavy (non-hydrogen) atoms. The van der Waals surface area contributed by atoms with Gasteiger partial charge in [-0.15, -0.1) is 0 Å². The molecule has 0 saturated carbocycles. The molecule has 6 nitrogen and oxygen atoms in total. The van der Waals surface area contributed by atoms with Gasteiger partial charge in [-0.05, 0) is 7.05 Å². The van der Waals surface area contributed by atoms with Crippen LogP contribution >= 0.6 is 0 Å². The first-order valence-corrected chi connectivity index (χ1v) is 3.70. The smallest absolute Gasteiger partial charge is 0.422 e. The van der Waals surface area contributed by atoms with Gasteiger partial charge in [0.05, 0.1) is 6.61 Å². The molecule has 1 heterocycles. The molecule has 0 spiro atoms. The molecule has 1 fully saturated rings. The highest BCUT2D eigenvalue weighted by molar-refractivity contribution is 5.66. The lowest BCUT2D eigenvalue weighted by atomic mass is 10.2. The van der Waals surface area contributed by atoms with Crippen LogP contribution in [0.15, 0.2) is 0 Å². The molecule has 1 saturated heterocycles. The number of nitrogens with one attached hydrogen (secondary N) is 3. The highest BCUT2D eigenvalue weighted by Gasteiger charge is 2.34. The molecule has 0 aliphatic carbocycles. The highest BCUT2D eigenvalue weighted by Crippen LogP contribution is 2.12. The van der Waals surface area contributed by atoms with Gasteiger partial charge in [-0.3, -0.25) is 10.7 Å².